The molecule has 0 radical (unpaired) electrons. The van der Waals surface area contributed by atoms with Gasteiger partial charge in [0.15, 0.2) is 5.82 Å². The summed E-state index contributed by atoms with van der Waals surface area (Å²) < 4.78 is 10.2. The Balaban J connectivity index is 2.55. The van der Waals surface area contributed by atoms with Crippen LogP contribution in [0.5, 0.6) is 0 Å². The summed E-state index contributed by atoms with van der Waals surface area (Å²) in [5.41, 5.74) is 0. The minimum Gasteiger partial charge on any atom is -0.383 e. The van der Waals surface area contributed by atoms with Gasteiger partial charge in [0.25, 0.3) is 0 Å². The van der Waals surface area contributed by atoms with Gasteiger partial charge in [-0.25, -0.2) is 0 Å². The number of hydrogen-bond acceptors (Lipinski definition) is 5. The Morgan fingerprint density at radius 2 is 2.20 bits per heavy atom. The van der Waals surface area contributed by atoms with Crippen LogP contribution in [0.3, 0.4) is 0 Å². The quantitative estimate of drug-likeness (QED) is 0.763. The lowest BCUT2D eigenvalue weighted by atomic mass is 10.2. The predicted molar refractivity (Wildman–Crippen MR) is 56.8 cm³/mol. The lowest BCUT2D eigenvalue weighted by Gasteiger charge is -2.11. The van der Waals surface area contributed by atoms with Crippen molar-refractivity contribution in [1.82, 2.24) is 15.5 Å². The molecule has 1 heterocycles. The first-order valence-electron chi connectivity index (χ1n) is 5.16. The molecule has 1 rings (SSSR count). The number of ether oxygens (including phenoxy) is 1. The van der Waals surface area contributed by atoms with Gasteiger partial charge in [0, 0.05) is 25.5 Å². The zero-order chi connectivity index (χ0) is 11.3. The maximum atomic E-state index is 5.15. The molecule has 86 valence electrons. The number of rotatable bonds is 6. The van der Waals surface area contributed by atoms with Gasteiger partial charge < -0.3 is 14.6 Å². The van der Waals surface area contributed by atoms with Gasteiger partial charge >= 0.3 is 0 Å². The normalized spacial score (nSPS) is 13.4. The van der Waals surface area contributed by atoms with Crippen molar-refractivity contribution in [2.45, 2.75) is 32.2 Å². The van der Waals surface area contributed by atoms with Gasteiger partial charge in [-0.3, -0.25) is 0 Å². The molecule has 1 unspecified atom stereocenters. The number of hydrogen-bond donors (Lipinski definition) is 1. The molecular formula is C10H19N3O2. The molecule has 1 aromatic heterocycles. The number of nitrogens with zero attached hydrogens (tertiary/aromatic N) is 2. The second-order valence-corrected chi connectivity index (χ2v) is 3.85. The molecule has 5 nitrogen and oxygen atoms in total. The van der Waals surface area contributed by atoms with Crippen molar-refractivity contribution < 1.29 is 9.26 Å². The molecule has 0 aromatic carbocycles. The third kappa shape index (κ3) is 3.60. The lowest BCUT2D eigenvalue weighted by Crippen LogP contribution is -2.32. The molecule has 0 saturated heterocycles. The summed E-state index contributed by atoms with van der Waals surface area (Å²) in [6.07, 6.45) is 0.698. The van der Waals surface area contributed by atoms with Crippen molar-refractivity contribution >= 4 is 0 Å². The SMILES string of the molecule is CNC(COC)Cc1nc(C(C)C)no1. The van der Waals surface area contributed by atoms with E-state index in [1.54, 1.807) is 7.11 Å². The van der Waals surface area contributed by atoms with Crippen molar-refractivity contribution in [2.75, 3.05) is 20.8 Å². The summed E-state index contributed by atoms with van der Waals surface area (Å²) in [4.78, 5) is 4.31. The summed E-state index contributed by atoms with van der Waals surface area (Å²) in [6, 6.07) is 0.218. The third-order valence-electron chi connectivity index (χ3n) is 2.20. The van der Waals surface area contributed by atoms with Gasteiger partial charge in [-0.05, 0) is 7.05 Å². The van der Waals surface area contributed by atoms with Crippen LogP contribution in [0.2, 0.25) is 0 Å². The molecule has 15 heavy (non-hydrogen) atoms. The molecule has 1 aromatic rings. The van der Waals surface area contributed by atoms with Crippen molar-refractivity contribution in [2.24, 2.45) is 0 Å². The minimum atomic E-state index is 0.218. The van der Waals surface area contributed by atoms with E-state index >= 15 is 0 Å². The molecule has 0 spiro atoms. The van der Waals surface area contributed by atoms with Crippen LogP contribution in [0.4, 0.5) is 0 Å². The first-order valence-corrected chi connectivity index (χ1v) is 5.16. The Labute approximate surface area is 90.2 Å². The Hall–Kier alpha value is -0.940. The highest BCUT2D eigenvalue weighted by Gasteiger charge is 2.14. The van der Waals surface area contributed by atoms with Crippen LogP contribution in [0.15, 0.2) is 4.52 Å². The minimum absolute atomic E-state index is 0.218. The smallest absolute Gasteiger partial charge is 0.228 e. The average molecular weight is 213 g/mol. The Morgan fingerprint density at radius 1 is 1.47 bits per heavy atom. The second-order valence-electron chi connectivity index (χ2n) is 3.85. The van der Waals surface area contributed by atoms with E-state index in [1.165, 1.54) is 0 Å². The van der Waals surface area contributed by atoms with Gasteiger partial charge in [-0.2, -0.15) is 4.98 Å². The molecule has 0 bridgehead atoms. The van der Waals surface area contributed by atoms with E-state index in [0.717, 1.165) is 5.82 Å². The van der Waals surface area contributed by atoms with Crippen molar-refractivity contribution in [3.63, 3.8) is 0 Å². The van der Waals surface area contributed by atoms with Gasteiger partial charge in [-0.15, -0.1) is 0 Å². The molecule has 0 fully saturated rings. The second kappa shape index (κ2) is 5.82. The third-order valence-corrected chi connectivity index (χ3v) is 2.20. The highest BCUT2D eigenvalue weighted by Crippen LogP contribution is 2.10. The molecule has 1 N–H and O–H groups in total. The van der Waals surface area contributed by atoms with Crippen LogP contribution >= 0.6 is 0 Å². The van der Waals surface area contributed by atoms with Gasteiger partial charge in [0.2, 0.25) is 5.89 Å². The van der Waals surface area contributed by atoms with Crippen molar-refractivity contribution in [3.05, 3.63) is 11.7 Å². The maximum Gasteiger partial charge on any atom is 0.228 e. The number of aromatic nitrogens is 2. The molecule has 5 heteroatoms. The van der Waals surface area contributed by atoms with E-state index in [2.05, 4.69) is 15.5 Å². The van der Waals surface area contributed by atoms with Crippen LogP contribution in [0.25, 0.3) is 0 Å². The van der Waals surface area contributed by atoms with Crippen LogP contribution in [-0.4, -0.2) is 36.9 Å². The summed E-state index contributed by atoms with van der Waals surface area (Å²) in [5.74, 6) is 1.73. The first kappa shape index (κ1) is 12.1. The van der Waals surface area contributed by atoms with Crippen molar-refractivity contribution in [3.8, 4) is 0 Å². The van der Waals surface area contributed by atoms with E-state index in [9.17, 15) is 0 Å². The summed E-state index contributed by atoms with van der Waals surface area (Å²) in [6.45, 7) is 4.72. The summed E-state index contributed by atoms with van der Waals surface area (Å²) in [5, 5.41) is 7.05. The van der Waals surface area contributed by atoms with Crippen molar-refractivity contribution in [1.29, 1.82) is 0 Å². The van der Waals surface area contributed by atoms with Crippen LogP contribution in [0.1, 0.15) is 31.5 Å². The Morgan fingerprint density at radius 3 is 2.67 bits per heavy atom. The van der Waals surface area contributed by atoms with Gasteiger partial charge in [0.05, 0.1) is 6.61 Å². The van der Waals surface area contributed by atoms with Crippen LogP contribution < -0.4 is 5.32 Å². The number of nitrogens with one attached hydrogen (secondary N) is 1. The largest absolute Gasteiger partial charge is 0.383 e. The number of methoxy groups -OCH3 is 1. The van der Waals surface area contributed by atoms with E-state index in [-0.39, 0.29) is 6.04 Å². The van der Waals surface area contributed by atoms with Crippen LogP contribution in [-0.2, 0) is 11.2 Å². The predicted octanol–water partition coefficient (Wildman–Crippen LogP) is 0.970. The zero-order valence-electron chi connectivity index (χ0n) is 9.78. The summed E-state index contributed by atoms with van der Waals surface area (Å²) in [7, 11) is 3.57. The standard InChI is InChI=1S/C10H19N3O2/c1-7(2)10-12-9(15-13-10)5-8(11-3)6-14-4/h7-8,11H,5-6H2,1-4H3. The highest BCUT2D eigenvalue weighted by atomic mass is 16.5. The zero-order valence-corrected chi connectivity index (χ0v) is 9.78. The molecule has 0 aliphatic heterocycles. The molecule has 0 aliphatic carbocycles. The average Bonchev–Trinajstić information content (AvgIpc) is 2.65. The molecule has 0 saturated carbocycles. The van der Waals surface area contributed by atoms with E-state index < -0.39 is 0 Å². The fourth-order valence-corrected chi connectivity index (χ4v) is 1.24. The first-order chi connectivity index (χ1) is 7.17. The fourth-order valence-electron chi connectivity index (χ4n) is 1.24. The van der Waals surface area contributed by atoms with E-state index in [0.29, 0.717) is 24.8 Å². The molecular weight excluding hydrogens is 194 g/mol. The highest BCUT2D eigenvalue weighted by molar-refractivity contribution is 4.93. The summed E-state index contributed by atoms with van der Waals surface area (Å²) >= 11 is 0. The van der Waals surface area contributed by atoms with E-state index in [4.69, 9.17) is 9.26 Å². The Bertz CT molecular complexity index is 286. The van der Waals surface area contributed by atoms with Crippen LogP contribution in [0, 0.1) is 0 Å². The van der Waals surface area contributed by atoms with Gasteiger partial charge in [-0.1, -0.05) is 19.0 Å². The molecule has 0 aliphatic rings. The molecule has 1 atom stereocenters. The number of likely N-dealkylation sites (N-methyl/N-ethyl adjacent to an activating group) is 1. The monoisotopic (exact) mass is 213 g/mol. The lowest BCUT2D eigenvalue weighted by molar-refractivity contribution is 0.165. The molecule has 0 amide bonds. The van der Waals surface area contributed by atoms with E-state index in [1.807, 2.05) is 20.9 Å². The maximum absolute atomic E-state index is 5.15. The fraction of sp³-hybridized carbons (Fsp3) is 0.800. The van der Waals surface area contributed by atoms with Gasteiger partial charge in [0.1, 0.15) is 0 Å². The Kier molecular flexibility index (Phi) is 4.71. The topological polar surface area (TPSA) is 60.2 Å².